The second kappa shape index (κ2) is 6.90. The molecule has 0 saturated carbocycles. The van der Waals surface area contributed by atoms with Gasteiger partial charge < -0.3 is 19.1 Å². The van der Waals surface area contributed by atoms with Crippen molar-refractivity contribution in [2.24, 2.45) is 7.05 Å². The molecule has 0 unspecified atom stereocenters. The first-order valence-corrected chi connectivity index (χ1v) is 8.16. The Morgan fingerprint density at radius 3 is 2.38 bits per heavy atom. The molecule has 1 aromatic heterocycles. The summed E-state index contributed by atoms with van der Waals surface area (Å²) in [6, 6.07) is 9.52. The summed E-state index contributed by atoms with van der Waals surface area (Å²) in [5.41, 5.74) is -0.702. The van der Waals surface area contributed by atoms with E-state index in [-0.39, 0.29) is 0 Å². The number of halogens is 2. The monoisotopic (exact) mass is 393 g/mol. The summed E-state index contributed by atoms with van der Waals surface area (Å²) in [5, 5.41) is 11.4. The van der Waals surface area contributed by atoms with Crippen LogP contribution in [0, 0.1) is 0 Å². The van der Waals surface area contributed by atoms with Crippen molar-refractivity contribution in [2.75, 3.05) is 7.11 Å². The number of hydrogen-bond acceptors (Lipinski definition) is 5. The van der Waals surface area contributed by atoms with Crippen LogP contribution in [0.3, 0.4) is 0 Å². The molecule has 3 rings (SSSR count). The molecular formula is C18H13Cl2NO5. The molecule has 0 saturated heterocycles. The third-order valence-electron chi connectivity index (χ3n) is 3.86. The first kappa shape index (κ1) is 18.1. The van der Waals surface area contributed by atoms with Crippen LogP contribution in [0.1, 0.15) is 10.4 Å². The van der Waals surface area contributed by atoms with Gasteiger partial charge in [0.1, 0.15) is 17.2 Å². The predicted octanol–water partition coefficient (Wildman–Crippen LogP) is 4.13. The van der Waals surface area contributed by atoms with Gasteiger partial charge in [-0.2, -0.15) is 0 Å². The molecule has 0 atom stereocenters. The molecule has 0 radical (unpaired) electrons. The largest absolute Gasteiger partial charge is 0.506 e. The van der Waals surface area contributed by atoms with E-state index in [4.69, 9.17) is 27.9 Å². The van der Waals surface area contributed by atoms with Crippen LogP contribution in [0.25, 0.3) is 10.9 Å². The van der Waals surface area contributed by atoms with Crippen LogP contribution in [0.5, 0.6) is 17.2 Å². The lowest BCUT2D eigenvalue weighted by Crippen LogP contribution is -2.25. The maximum absolute atomic E-state index is 12.4. The molecule has 6 nitrogen and oxygen atoms in total. The molecule has 2 aromatic carbocycles. The van der Waals surface area contributed by atoms with E-state index < -0.39 is 22.8 Å². The number of fused-ring (bicyclic) bond motifs is 1. The highest BCUT2D eigenvalue weighted by molar-refractivity contribution is 6.42. The van der Waals surface area contributed by atoms with Crippen molar-refractivity contribution in [3.8, 4) is 17.2 Å². The SMILES string of the molecule is COC(=O)c1c(O)c2ccc(Oc3ccc(Cl)c(Cl)c3)cc2n(C)c1=O. The molecule has 26 heavy (non-hydrogen) atoms. The molecular weight excluding hydrogens is 381 g/mol. The number of ether oxygens (including phenoxy) is 2. The van der Waals surface area contributed by atoms with Gasteiger partial charge in [0.25, 0.3) is 5.56 Å². The van der Waals surface area contributed by atoms with Gasteiger partial charge in [0.15, 0.2) is 5.56 Å². The number of carbonyl (C=O) groups is 1. The summed E-state index contributed by atoms with van der Waals surface area (Å²) in [6.07, 6.45) is 0. The number of pyridine rings is 1. The zero-order valence-electron chi connectivity index (χ0n) is 13.7. The average molecular weight is 394 g/mol. The Labute approximate surface area is 158 Å². The van der Waals surface area contributed by atoms with Crippen LogP contribution in [0.2, 0.25) is 10.0 Å². The van der Waals surface area contributed by atoms with Crippen LogP contribution in [-0.4, -0.2) is 22.8 Å². The molecule has 0 fully saturated rings. The normalized spacial score (nSPS) is 10.8. The van der Waals surface area contributed by atoms with Gasteiger partial charge in [-0.25, -0.2) is 4.79 Å². The smallest absolute Gasteiger partial charge is 0.347 e. The number of methoxy groups -OCH3 is 1. The van der Waals surface area contributed by atoms with Crippen molar-refractivity contribution < 1.29 is 19.4 Å². The highest BCUT2D eigenvalue weighted by Gasteiger charge is 2.22. The number of rotatable bonds is 3. The fourth-order valence-electron chi connectivity index (χ4n) is 2.53. The quantitative estimate of drug-likeness (QED) is 0.676. The van der Waals surface area contributed by atoms with E-state index in [0.29, 0.717) is 32.4 Å². The van der Waals surface area contributed by atoms with Crippen molar-refractivity contribution >= 4 is 40.1 Å². The van der Waals surface area contributed by atoms with Gasteiger partial charge in [-0.05, 0) is 24.3 Å². The molecule has 0 aliphatic heterocycles. The Kier molecular flexibility index (Phi) is 4.80. The number of aryl methyl sites for hydroxylation is 1. The molecule has 1 heterocycles. The van der Waals surface area contributed by atoms with Crippen molar-refractivity contribution in [2.45, 2.75) is 0 Å². The minimum atomic E-state index is -0.902. The number of aromatic hydroxyl groups is 1. The predicted molar refractivity (Wildman–Crippen MR) is 98.7 cm³/mol. The Balaban J connectivity index is 2.12. The standard InChI is InChI=1S/C18H13Cl2NO5/c1-21-14-8-10(26-9-4-6-12(19)13(20)7-9)3-5-11(14)16(22)15(17(21)23)18(24)25-2/h3-8,22H,1-2H3. The van der Waals surface area contributed by atoms with Crippen LogP contribution < -0.4 is 10.3 Å². The van der Waals surface area contributed by atoms with Crippen molar-refractivity contribution in [1.82, 2.24) is 4.57 Å². The zero-order valence-corrected chi connectivity index (χ0v) is 15.3. The molecule has 1 N–H and O–H groups in total. The van der Waals surface area contributed by atoms with E-state index in [2.05, 4.69) is 4.74 Å². The lowest BCUT2D eigenvalue weighted by Gasteiger charge is -2.13. The molecule has 134 valence electrons. The first-order chi connectivity index (χ1) is 12.3. The third-order valence-corrected chi connectivity index (χ3v) is 4.60. The molecule has 3 aromatic rings. The second-order valence-corrected chi connectivity index (χ2v) is 6.25. The highest BCUT2D eigenvalue weighted by atomic mass is 35.5. The van der Waals surface area contributed by atoms with Crippen LogP contribution >= 0.6 is 23.2 Å². The summed E-state index contributed by atoms with van der Waals surface area (Å²) in [6.45, 7) is 0. The number of esters is 1. The maximum Gasteiger partial charge on any atom is 0.347 e. The van der Waals surface area contributed by atoms with Gasteiger partial charge in [-0.1, -0.05) is 23.2 Å². The van der Waals surface area contributed by atoms with E-state index in [1.54, 1.807) is 36.4 Å². The fraction of sp³-hybridized carbons (Fsp3) is 0.111. The van der Waals surface area contributed by atoms with Crippen LogP contribution in [-0.2, 0) is 11.8 Å². The van der Waals surface area contributed by atoms with E-state index in [1.165, 1.54) is 11.6 Å². The lowest BCUT2D eigenvalue weighted by atomic mass is 10.1. The summed E-state index contributed by atoms with van der Waals surface area (Å²) >= 11 is 11.8. The Hall–Kier alpha value is -2.70. The first-order valence-electron chi connectivity index (χ1n) is 7.40. The molecule has 0 spiro atoms. The van der Waals surface area contributed by atoms with Crippen molar-refractivity contribution in [1.29, 1.82) is 0 Å². The van der Waals surface area contributed by atoms with E-state index >= 15 is 0 Å². The van der Waals surface area contributed by atoms with E-state index in [0.717, 1.165) is 7.11 Å². The van der Waals surface area contributed by atoms with Gasteiger partial charge in [-0.15, -0.1) is 0 Å². The summed E-state index contributed by atoms with van der Waals surface area (Å²) in [4.78, 5) is 24.2. The number of aromatic nitrogens is 1. The van der Waals surface area contributed by atoms with Crippen molar-refractivity contribution in [3.63, 3.8) is 0 Å². The molecule has 0 aliphatic rings. The van der Waals surface area contributed by atoms with Gasteiger partial charge in [0, 0.05) is 24.6 Å². The minimum absolute atomic E-state index is 0.314. The number of nitrogens with zero attached hydrogens (tertiary/aromatic N) is 1. The Morgan fingerprint density at radius 2 is 1.73 bits per heavy atom. The Bertz CT molecular complexity index is 1090. The van der Waals surface area contributed by atoms with Crippen LogP contribution in [0.4, 0.5) is 0 Å². The van der Waals surface area contributed by atoms with Crippen molar-refractivity contribution in [3.05, 3.63) is 62.4 Å². The molecule has 0 aliphatic carbocycles. The summed E-state index contributed by atoms with van der Waals surface area (Å²) in [7, 11) is 2.62. The highest BCUT2D eigenvalue weighted by Crippen LogP contribution is 2.33. The van der Waals surface area contributed by atoms with Gasteiger partial charge in [0.05, 0.1) is 22.7 Å². The molecule has 8 heteroatoms. The lowest BCUT2D eigenvalue weighted by molar-refractivity contribution is 0.0595. The Morgan fingerprint density at radius 1 is 1.08 bits per heavy atom. The second-order valence-electron chi connectivity index (χ2n) is 5.44. The fourth-order valence-corrected chi connectivity index (χ4v) is 2.82. The molecule has 0 amide bonds. The zero-order chi connectivity index (χ0) is 19.0. The van der Waals surface area contributed by atoms with Crippen LogP contribution in [0.15, 0.2) is 41.2 Å². The number of carbonyl (C=O) groups excluding carboxylic acids is 1. The average Bonchev–Trinajstić information content (AvgIpc) is 2.62. The third kappa shape index (κ3) is 3.09. The topological polar surface area (TPSA) is 77.8 Å². The van der Waals surface area contributed by atoms with Gasteiger partial charge >= 0.3 is 5.97 Å². The maximum atomic E-state index is 12.4. The molecule has 0 bridgehead atoms. The number of hydrogen-bond donors (Lipinski definition) is 1. The summed E-state index contributed by atoms with van der Waals surface area (Å²) < 4.78 is 11.5. The number of benzene rings is 2. The van der Waals surface area contributed by atoms with E-state index in [1.807, 2.05) is 0 Å². The van der Waals surface area contributed by atoms with Gasteiger partial charge in [0.2, 0.25) is 0 Å². The van der Waals surface area contributed by atoms with E-state index in [9.17, 15) is 14.7 Å². The van der Waals surface area contributed by atoms with Gasteiger partial charge in [-0.3, -0.25) is 4.79 Å². The minimum Gasteiger partial charge on any atom is -0.506 e. The summed E-state index contributed by atoms with van der Waals surface area (Å²) in [5.74, 6) is -0.465.